The van der Waals surface area contributed by atoms with Crippen molar-refractivity contribution in [1.82, 2.24) is 9.88 Å². The van der Waals surface area contributed by atoms with Crippen LogP contribution in [0.2, 0.25) is 0 Å². The van der Waals surface area contributed by atoms with E-state index in [1.54, 1.807) is 0 Å². The molecular weight excluding hydrogens is 234 g/mol. The van der Waals surface area contributed by atoms with Crippen LogP contribution in [0, 0.1) is 5.41 Å². The van der Waals surface area contributed by atoms with Gasteiger partial charge in [0, 0.05) is 31.0 Å². The normalized spacial score (nSPS) is 26.6. The van der Waals surface area contributed by atoms with E-state index in [0.29, 0.717) is 6.04 Å². The first kappa shape index (κ1) is 14.5. The van der Waals surface area contributed by atoms with Crippen molar-refractivity contribution in [2.75, 3.05) is 13.6 Å². The van der Waals surface area contributed by atoms with E-state index in [9.17, 15) is 0 Å². The van der Waals surface area contributed by atoms with Crippen molar-refractivity contribution in [3.8, 4) is 0 Å². The Labute approximate surface area is 117 Å². The second-order valence-corrected chi connectivity index (χ2v) is 6.56. The zero-order valence-corrected chi connectivity index (χ0v) is 12.5. The molecule has 106 valence electrons. The molecule has 3 nitrogen and oxygen atoms in total. The van der Waals surface area contributed by atoms with E-state index in [1.165, 1.54) is 24.8 Å². The molecule has 0 bridgehead atoms. The summed E-state index contributed by atoms with van der Waals surface area (Å²) in [4.78, 5) is 6.51. The molecule has 19 heavy (non-hydrogen) atoms. The minimum absolute atomic E-state index is 0.272. The quantitative estimate of drug-likeness (QED) is 0.905. The lowest BCUT2D eigenvalue weighted by Gasteiger charge is -2.45. The van der Waals surface area contributed by atoms with Crippen LogP contribution in [-0.2, 0) is 6.42 Å². The fourth-order valence-corrected chi connectivity index (χ4v) is 3.15. The van der Waals surface area contributed by atoms with Gasteiger partial charge >= 0.3 is 0 Å². The van der Waals surface area contributed by atoms with Gasteiger partial charge in [-0.05, 0) is 49.4 Å². The summed E-state index contributed by atoms with van der Waals surface area (Å²) in [7, 11) is 2.22. The monoisotopic (exact) mass is 261 g/mol. The van der Waals surface area contributed by atoms with Gasteiger partial charge in [-0.2, -0.15) is 0 Å². The zero-order valence-electron chi connectivity index (χ0n) is 12.5. The van der Waals surface area contributed by atoms with Crippen LogP contribution >= 0.6 is 0 Å². The zero-order chi connectivity index (χ0) is 13.9. The molecule has 0 saturated heterocycles. The Balaban J connectivity index is 1.91. The Bertz CT molecular complexity index is 388. The van der Waals surface area contributed by atoms with E-state index in [0.717, 1.165) is 13.0 Å². The van der Waals surface area contributed by atoms with Crippen molar-refractivity contribution >= 4 is 0 Å². The van der Waals surface area contributed by atoms with E-state index < -0.39 is 0 Å². The maximum Gasteiger partial charge on any atom is 0.0270 e. The van der Waals surface area contributed by atoms with Gasteiger partial charge in [0.2, 0.25) is 0 Å². The summed E-state index contributed by atoms with van der Waals surface area (Å²) >= 11 is 0. The van der Waals surface area contributed by atoms with Gasteiger partial charge in [-0.15, -0.1) is 0 Å². The molecule has 2 rings (SSSR count). The summed E-state index contributed by atoms with van der Waals surface area (Å²) in [6, 6.07) is 4.99. The predicted molar refractivity (Wildman–Crippen MR) is 80.0 cm³/mol. The Morgan fingerprint density at radius 3 is 2.74 bits per heavy atom. The lowest BCUT2D eigenvalue weighted by atomic mass is 9.71. The van der Waals surface area contributed by atoms with Crippen molar-refractivity contribution in [2.24, 2.45) is 11.1 Å². The van der Waals surface area contributed by atoms with E-state index in [4.69, 9.17) is 5.73 Å². The van der Waals surface area contributed by atoms with Crippen molar-refractivity contribution in [3.05, 3.63) is 30.1 Å². The molecule has 1 fully saturated rings. The first-order valence-corrected chi connectivity index (χ1v) is 7.35. The van der Waals surface area contributed by atoms with E-state index in [1.807, 2.05) is 12.4 Å². The molecule has 2 atom stereocenters. The Kier molecular flexibility index (Phi) is 4.58. The summed E-state index contributed by atoms with van der Waals surface area (Å²) in [5.41, 5.74) is 8.10. The van der Waals surface area contributed by atoms with E-state index >= 15 is 0 Å². The number of nitrogens with zero attached hydrogens (tertiary/aromatic N) is 2. The van der Waals surface area contributed by atoms with Gasteiger partial charge in [0.1, 0.15) is 0 Å². The van der Waals surface area contributed by atoms with Crippen molar-refractivity contribution in [1.29, 1.82) is 0 Å². The predicted octanol–water partition coefficient (Wildman–Crippen LogP) is 2.46. The van der Waals surface area contributed by atoms with Gasteiger partial charge in [0.25, 0.3) is 0 Å². The maximum absolute atomic E-state index is 6.47. The first-order valence-electron chi connectivity index (χ1n) is 7.35. The van der Waals surface area contributed by atoms with Crippen molar-refractivity contribution in [2.45, 2.75) is 51.6 Å². The highest BCUT2D eigenvalue weighted by Gasteiger charge is 2.37. The molecule has 0 aromatic carbocycles. The molecule has 0 amide bonds. The molecule has 1 aliphatic rings. The van der Waals surface area contributed by atoms with Crippen LogP contribution in [0.1, 0.15) is 38.7 Å². The van der Waals surface area contributed by atoms with Gasteiger partial charge in [0.15, 0.2) is 0 Å². The lowest BCUT2D eigenvalue weighted by Crippen LogP contribution is -2.56. The molecule has 1 aromatic rings. The van der Waals surface area contributed by atoms with Gasteiger partial charge < -0.3 is 10.6 Å². The Morgan fingerprint density at radius 2 is 2.05 bits per heavy atom. The van der Waals surface area contributed by atoms with Gasteiger partial charge in [0.05, 0.1) is 0 Å². The number of likely N-dealkylation sites (N-methyl/N-ethyl adjacent to an activating group) is 1. The van der Waals surface area contributed by atoms with Gasteiger partial charge in [-0.1, -0.05) is 20.3 Å². The highest BCUT2D eigenvalue weighted by molar-refractivity contribution is 5.10. The van der Waals surface area contributed by atoms with Crippen LogP contribution < -0.4 is 5.73 Å². The lowest BCUT2D eigenvalue weighted by molar-refractivity contribution is 0.0855. The molecule has 2 unspecified atom stereocenters. The van der Waals surface area contributed by atoms with Gasteiger partial charge in [-0.3, -0.25) is 4.98 Å². The molecule has 2 N–H and O–H groups in total. The highest BCUT2D eigenvalue weighted by atomic mass is 15.1. The van der Waals surface area contributed by atoms with Crippen LogP contribution in [0.4, 0.5) is 0 Å². The Hall–Kier alpha value is -0.930. The fraction of sp³-hybridized carbons (Fsp3) is 0.688. The molecule has 3 heteroatoms. The molecule has 1 aromatic heterocycles. The average molecular weight is 261 g/mol. The summed E-state index contributed by atoms with van der Waals surface area (Å²) < 4.78 is 0. The van der Waals surface area contributed by atoms with Crippen LogP contribution in [0.25, 0.3) is 0 Å². The standard InChI is InChI=1S/C16H27N3/c1-16(2)9-4-5-14(15(16)17)19(3)12-8-13-6-10-18-11-7-13/h6-7,10-11,14-15H,4-5,8-9,12,17H2,1-3H3. The fourth-order valence-electron chi connectivity index (χ4n) is 3.15. The number of rotatable bonds is 4. The average Bonchev–Trinajstić information content (AvgIpc) is 2.40. The minimum Gasteiger partial charge on any atom is -0.326 e. The molecule has 0 spiro atoms. The summed E-state index contributed by atoms with van der Waals surface area (Å²) in [5, 5.41) is 0. The molecule has 1 aliphatic carbocycles. The Morgan fingerprint density at radius 1 is 1.37 bits per heavy atom. The summed E-state index contributed by atoms with van der Waals surface area (Å²) in [6.07, 6.45) is 8.59. The van der Waals surface area contributed by atoms with E-state index in [-0.39, 0.29) is 11.5 Å². The summed E-state index contributed by atoms with van der Waals surface area (Å²) in [6.45, 7) is 5.68. The molecular formula is C16H27N3. The number of hydrogen-bond acceptors (Lipinski definition) is 3. The second kappa shape index (κ2) is 6.02. The van der Waals surface area contributed by atoms with E-state index in [2.05, 4.69) is 42.9 Å². The maximum atomic E-state index is 6.47. The van der Waals surface area contributed by atoms with Crippen LogP contribution in [0.3, 0.4) is 0 Å². The first-order chi connectivity index (χ1) is 9.00. The van der Waals surface area contributed by atoms with Crippen LogP contribution in [-0.4, -0.2) is 35.6 Å². The smallest absolute Gasteiger partial charge is 0.0270 e. The number of nitrogens with two attached hydrogens (primary N) is 1. The largest absolute Gasteiger partial charge is 0.326 e. The van der Waals surface area contributed by atoms with Gasteiger partial charge in [-0.25, -0.2) is 0 Å². The SMILES string of the molecule is CN(CCc1ccncc1)C1CCCC(C)(C)C1N. The number of aromatic nitrogens is 1. The van der Waals surface area contributed by atoms with Crippen LogP contribution in [0.5, 0.6) is 0 Å². The third-order valence-electron chi connectivity index (χ3n) is 4.71. The third-order valence-corrected chi connectivity index (χ3v) is 4.71. The minimum atomic E-state index is 0.272. The second-order valence-electron chi connectivity index (χ2n) is 6.56. The summed E-state index contributed by atoms with van der Waals surface area (Å²) in [5.74, 6) is 0. The van der Waals surface area contributed by atoms with Crippen molar-refractivity contribution in [3.63, 3.8) is 0 Å². The molecule has 0 aliphatic heterocycles. The third kappa shape index (κ3) is 3.54. The molecule has 1 heterocycles. The molecule has 0 radical (unpaired) electrons. The van der Waals surface area contributed by atoms with Crippen LogP contribution in [0.15, 0.2) is 24.5 Å². The topological polar surface area (TPSA) is 42.2 Å². The highest BCUT2D eigenvalue weighted by Crippen LogP contribution is 2.36. The number of hydrogen-bond donors (Lipinski definition) is 1. The molecule has 1 saturated carbocycles. The number of pyridine rings is 1. The van der Waals surface area contributed by atoms with Crippen molar-refractivity contribution < 1.29 is 0 Å².